The molecule has 0 spiro atoms. The van der Waals surface area contributed by atoms with Gasteiger partial charge in [0.2, 0.25) is 0 Å². The first kappa shape index (κ1) is 8.69. The zero-order chi connectivity index (χ0) is 9.30. The minimum absolute atomic E-state index is 0.0926. The Morgan fingerprint density at radius 3 is 2.50 bits per heavy atom. The first-order chi connectivity index (χ1) is 5.54. The van der Waals surface area contributed by atoms with Crippen LogP contribution in [0.15, 0.2) is 12.3 Å². The smallest absolute Gasteiger partial charge is 0.429 e. The average molecular weight is 182 g/mol. The third kappa shape index (κ3) is 1.29. The van der Waals surface area contributed by atoms with Gasteiger partial charge in [-0.15, -0.1) is 5.23 Å². The van der Waals surface area contributed by atoms with Gasteiger partial charge in [-0.2, -0.15) is 5.01 Å². The Morgan fingerprint density at radius 2 is 2.17 bits per heavy atom. The van der Waals surface area contributed by atoms with Crippen LogP contribution in [0.4, 0.5) is 18.1 Å². The van der Waals surface area contributed by atoms with E-state index in [0.717, 1.165) is 6.08 Å². The molecular formula is C5H5F3N2O2. The Kier molecular flexibility index (Phi) is 2.11. The van der Waals surface area contributed by atoms with E-state index < -0.39 is 18.6 Å². The number of alkyl halides is 2. The van der Waals surface area contributed by atoms with Crippen LogP contribution in [0.1, 0.15) is 0 Å². The molecule has 0 aromatic heterocycles. The number of halogens is 3. The summed E-state index contributed by atoms with van der Waals surface area (Å²) in [7, 11) is 0. The summed E-state index contributed by atoms with van der Waals surface area (Å²) < 4.78 is 36.4. The lowest BCUT2D eigenvalue weighted by Crippen LogP contribution is -2.44. The monoisotopic (exact) mass is 182 g/mol. The molecule has 1 heterocycles. The molecule has 0 aliphatic carbocycles. The van der Waals surface area contributed by atoms with E-state index in [1.165, 1.54) is 0 Å². The summed E-state index contributed by atoms with van der Waals surface area (Å²) in [6.45, 7) is 0. The molecule has 1 atom stereocenters. The molecular weight excluding hydrogens is 177 g/mol. The summed E-state index contributed by atoms with van der Waals surface area (Å²) in [4.78, 5) is 10.2. The van der Waals surface area contributed by atoms with Gasteiger partial charge < -0.3 is 5.11 Å². The zero-order valence-electron chi connectivity index (χ0n) is 5.69. The van der Waals surface area contributed by atoms with Gasteiger partial charge in [-0.05, 0) is 6.08 Å². The van der Waals surface area contributed by atoms with Gasteiger partial charge in [0.1, 0.15) is 6.04 Å². The van der Waals surface area contributed by atoms with Gasteiger partial charge in [0.15, 0.2) is 0 Å². The fourth-order valence-electron chi connectivity index (χ4n) is 0.840. The lowest BCUT2D eigenvalue weighted by atomic mass is 10.3. The molecule has 0 aromatic rings. The van der Waals surface area contributed by atoms with E-state index in [-0.39, 0.29) is 10.2 Å². The number of hydrogen-bond donors (Lipinski definition) is 1. The van der Waals surface area contributed by atoms with Gasteiger partial charge in [0.25, 0.3) is 6.43 Å². The van der Waals surface area contributed by atoms with Gasteiger partial charge in [-0.3, -0.25) is 0 Å². The minimum Gasteiger partial charge on any atom is -0.464 e. The summed E-state index contributed by atoms with van der Waals surface area (Å²) in [5.41, 5.74) is 0. The molecule has 0 saturated heterocycles. The second-order valence-corrected chi connectivity index (χ2v) is 2.08. The average Bonchev–Trinajstić information content (AvgIpc) is 2.30. The quantitative estimate of drug-likeness (QED) is 0.620. The van der Waals surface area contributed by atoms with E-state index in [1.807, 2.05) is 0 Å². The number of hydrogen-bond acceptors (Lipinski definition) is 2. The first-order valence-electron chi connectivity index (χ1n) is 2.97. The maximum atomic E-state index is 12.4. The van der Waals surface area contributed by atoms with Crippen LogP contribution in [-0.2, 0) is 0 Å². The first-order valence-corrected chi connectivity index (χ1v) is 2.97. The highest BCUT2D eigenvalue weighted by Crippen LogP contribution is 2.21. The highest BCUT2D eigenvalue weighted by Gasteiger charge is 2.37. The number of rotatable bonds is 1. The van der Waals surface area contributed by atoms with Crippen molar-refractivity contribution < 1.29 is 23.2 Å². The minimum atomic E-state index is -2.93. The van der Waals surface area contributed by atoms with Crippen LogP contribution in [0.3, 0.4) is 0 Å². The third-order valence-electron chi connectivity index (χ3n) is 1.35. The van der Waals surface area contributed by atoms with Crippen molar-refractivity contribution in [2.45, 2.75) is 12.5 Å². The highest BCUT2D eigenvalue weighted by molar-refractivity contribution is 5.65. The molecule has 0 saturated carbocycles. The van der Waals surface area contributed by atoms with Crippen molar-refractivity contribution in [3.05, 3.63) is 12.3 Å². The topological polar surface area (TPSA) is 43.8 Å². The maximum Gasteiger partial charge on any atom is 0.429 e. The Hall–Kier alpha value is -1.40. The predicted octanol–water partition coefficient (Wildman–Crippen LogP) is 1.23. The van der Waals surface area contributed by atoms with Crippen LogP contribution in [-0.4, -0.2) is 33.9 Å². The molecule has 0 fully saturated rings. The van der Waals surface area contributed by atoms with Crippen molar-refractivity contribution in [3.63, 3.8) is 0 Å². The summed E-state index contributed by atoms with van der Waals surface area (Å²) in [6, 6.07) is -1.73. The summed E-state index contributed by atoms with van der Waals surface area (Å²) in [5, 5.41) is 7.79. The molecule has 68 valence electrons. The van der Waals surface area contributed by atoms with Gasteiger partial charge in [-0.25, -0.2) is 13.6 Å². The second kappa shape index (κ2) is 2.92. The van der Waals surface area contributed by atoms with Crippen molar-refractivity contribution in [1.29, 1.82) is 0 Å². The van der Waals surface area contributed by atoms with Crippen molar-refractivity contribution in [3.8, 4) is 0 Å². The Bertz CT molecular complexity index is 221. The van der Waals surface area contributed by atoms with Crippen molar-refractivity contribution in [2.75, 3.05) is 0 Å². The fourth-order valence-corrected chi connectivity index (χ4v) is 0.840. The molecule has 4 nitrogen and oxygen atoms in total. The van der Waals surface area contributed by atoms with Gasteiger partial charge in [-0.1, -0.05) is 4.48 Å². The van der Waals surface area contributed by atoms with Gasteiger partial charge in [0, 0.05) is 0 Å². The number of hydrazine groups is 1. The van der Waals surface area contributed by atoms with E-state index in [9.17, 15) is 18.1 Å². The number of carbonyl (C=O) groups is 1. The van der Waals surface area contributed by atoms with Gasteiger partial charge >= 0.3 is 6.09 Å². The SMILES string of the molecule is O=C(O)N1C(C(F)F)C=CN1F. The molecule has 0 radical (unpaired) electrons. The summed E-state index contributed by atoms with van der Waals surface area (Å²) in [5.74, 6) is 0. The summed E-state index contributed by atoms with van der Waals surface area (Å²) >= 11 is 0. The lowest BCUT2D eigenvalue weighted by Gasteiger charge is -2.22. The molecule has 1 amide bonds. The van der Waals surface area contributed by atoms with E-state index in [2.05, 4.69) is 0 Å². The van der Waals surface area contributed by atoms with Crippen LogP contribution in [0.2, 0.25) is 0 Å². The Morgan fingerprint density at radius 1 is 1.58 bits per heavy atom. The van der Waals surface area contributed by atoms with Crippen LogP contribution in [0.25, 0.3) is 0 Å². The van der Waals surface area contributed by atoms with Crippen LogP contribution < -0.4 is 0 Å². The van der Waals surface area contributed by atoms with Crippen LogP contribution >= 0.6 is 0 Å². The molecule has 1 aliphatic heterocycles. The molecule has 12 heavy (non-hydrogen) atoms. The maximum absolute atomic E-state index is 12.4. The van der Waals surface area contributed by atoms with E-state index in [0.29, 0.717) is 6.20 Å². The molecule has 0 bridgehead atoms. The number of amides is 1. The molecule has 7 heteroatoms. The molecule has 1 N–H and O–H groups in total. The largest absolute Gasteiger partial charge is 0.464 e. The summed E-state index contributed by atoms with van der Waals surface area (Å²) in [6.07, 6.45) is -3.28. The number of carboxylic acid groups (broad SMARTS) is 1. The predicted molar refractivity (Wildman–Crippen MR) is 31.7 cm³/mol. The normalized spacial score (nSPS) is 22.5. The van der Waals surface area contributed by atoms with E-state index in [4.69, 9.17) is 5.11 Å². The Labute approximate surface area is 65.4 Å². The third-order valence-corrected chi connectivity index (χ3v) is 1.35. The van der Waals surface area contributed by atoms with Crippen molar-refractivity contribution in [2.24, 2.45) is 0 Å². The standard InChI is InChI=1S/C5H5F3N2O2/c6-4(7)3-1-2-9(8)10(3)5(11)12/h1-4H,(H,11,12). The van der Waals surface area contributed by atoms with Crippen molar-refractivity contribution in [1.82, 2.24) is 10.2 Å². The van der Waals surface area contributed by atoms with Crippen LogP contribution in [0, 0.1) is 0 Å². The van der Waals surface area contributed by atoms with E-state index in [1.54, 1.807) is 0 Å². The molecule has 1 rings (SSSR count). The van der Waals surface area contributed by atoms with Gasteiger partial charge in [0.05, 0.1) is 6.20 Å². The van der Waals surface area contributed by atoms with E-state index >= 15 is 0 Å². The van der Waals surface area contributed by atoms with Crippen LogP contribution in [0.5, 0.6) is 0 Å². The lowest BCUT2D eigenvalue weighted by molar-refractivity contribution is -0.126. The molecule has 1 aliphatic rings. The molecule has 1 unspecified atom stereocenters. The zero-order valence-corrected chi connectivity index (χ0v) is 5.69. The fraction of sp³-hybridized carbons (Fsp3) is 0.400. The molecule has 0 aromatic carbocycles. The Balaban J connectivity index is 2.76. The highest BCUT2D eigenvalue weighted by atomic mass is 19.3. The second-order valence-electron chi connectivity index (χ2n) is 2.08. The van der Waals surface area contributed by atoms with Crippen molar-refractivity contribution >= 4 is 6.09 Å². The number of nitrogens with zero attached hydrogens (tertiary/aromatic N) is 2.